The van der Waals surface area contributed by atoms with Gasteiger partial charge in [-0.15, -0.1) is 11.8 Å². The highest BCUT2D eigenvalue weighted by molar-refractivity contribution is 8.00. The third-order valence-corrected chi connectivity index (χ3v) is 8.23. The van der Waals surface area contributed by atoms with E-state index in [9.17, 15) is 27.6 Å². The van der Waals surface area contributed by atoms with Gasteiger partial charge in [0, 0.05) is 31.8 Å². The molecule has 232 valence electrons. The third kappa shape index (κ3) is 9.27. The molecule has 3 amide bonds. The molecule has 1 atom stereocenters. The first-order valence-corrected chi connectivity index (χ1v) is 15.1. The number of hydrogen-bond acceptors (Lipinski definition) is 4. The van der Waals surface area contributed by atoms with E-state index in [2.05, 4.69) is 16.0 Å². The molecule has 0 radical (unpaired) electrons. The molecule has 0 heterocycles. The number of carbonyl (C=O) groups is 3. The van der Waals surface area contributed by atoms with Crippen LogP contribution in [-0.4, -0.2) is 23.0 Å². The number of benzene rings is 4. The molecule has 3 N–H and O–H groups in total. The van der Waals surface area contributed by atoms with Gasteiger partial charge >= 0.3 is 6.18 Å². The number of hydrogen-bond donors (Lipinski definition) is 3. The van der Waals surface area contributed by atoms with Crippen molar-refractivity contribution in [2.45, 2.75) is 23.2 Å². The fourth-order valence-electron chi connectivity index (χ4n) is 3.87. The molecule has 6 nitrogen and oxygen atoms in total. The van der Waals surface area contributed by atoms with E-state index in [-0.39, 0.29) is 26.5 Å². The fourth-order valence-corrected chi connectivity index (χ4v) is 5.47. The van der Waals surface area contributed by atoms with Gasteiger partial charge in [-0.25, -0.2) is 0 Å². The largest absolute Gasteiger partial charge is 0.416 e. The predicted molar refractivity (Wildman–Crippen MR) is 174 cm³/mol. The summed E-state index contributed by atoms with van der Waals surface area (Å²) in [5, 5.41) is 7.50. The van der Waals surface area contributed by atoms with Gasteiger partial charge in [-0.2, -0.15) is 13.2 Å². The van der Waals surface area contributed by atoms with E-state index < -0.39 is 34.7 Å². The monoisotopic (exact) mass is 691 g/mol. The quantitative estimate of drug-likeness (QED) is 0.121. The van der Waals surface area contributed by atoms with Crippen LogP contribution in [0.1, 0.15) is 28.4 Å². The molecule has 1 unspecified atom stereocenters. The summed E-state index contributed by atoms with van der Waals surface area (Å²) in [7, 11) is 0. The van der Waals surface area contributed by atoms with Crippen LogP contribution in [-0.2, 0) is 15.8 Å². The molecule has 0 saturated carbocycles. The average Bonchev–Trinajstić information content (AvgIpc) is 2.99. The van der Waals surface area contributed by atoms with E-state index in [4.69, 9.17) is 34.8 Å². The second kappa shape index (κ2) is 14.9. The molecule has 45 heavy (non-hydrogen) atoms. The van der Waals surface area contributed by atoms with Gasteiger partial charge in [0.25, 0.3) is 11.8 Å². The van der Waals surface area contributed by atoms with Crippen molar-refractivity contribution in [2.75, 3.05) is 10.6 Å². The third-order valence-electron chi connectivity index (χ3n) is 6.14. The highest BCUT2D eigenvalue weighted by Crippen LogP contribution is 2.35. The Morgan fingerprint density at radius 1 is 0.800 bits per heavy atom. The van der Waals surface area contributed by atoms with Crippen molar-refractivity contribution in [3.05, 3.63) is 128 Å². The molecule has 13 heteroatoms. The van der Waals surface area contributed by atoms with Crippen molar-refractivity contribution in [1.82, 2.24) is 5.32 Å². The number of thioether (sulfide) groups is 1. The van der Waals surface area contributed by atoms with E-state index in [1.807, 2.05) is 0 Å². The number of amides is 3. The highest BCUT2D eigenvalue weighted by atomic mass is 35.5. The summed E-state index contributed by atoms with van der Waals surface area (Å²) >= 11 is 19.7. The summed E-state index contributed by atoms with van der Waals surface area (Å²) in [6.45, 7) is 1.57. The first-order valence-electron chi connectivity index (χ1n) is 13.1. The summed E-state index contributed by atoms with van der Waals surface area (Å²) in [6.07, 6.45) is -3.24. The topological polar surface area (TPSA) is 87.3 Å². The molecule has 4 aromatic rings. The van der Waals surface area contributed by atoms with Crippen molar-refractivity contribution in [2.24, 2.45) is 0 Å². The normalized spacial score (nSPS) is 12.3. The van der Waals surface area contributed by atoms with Crippen molar-refractivity contribution < 1.29 is 27.6 Å². The molecule has 0 bridgehead atoms. The Balaban J connectivity index is 1.51. The maximum absolute atomic E-state index is 13.4. The van der Waals surface area contributed by atoms with Crippen LogP contribution in [0.4, 0.5) is 24.5 Å². The zero-order valence-electron chi connectivity index (χ0n) is 23.2. The van der Waals surface area contributed by atoms with Crippen LogP contribution >= 0.6 is 46.6 Å². The number of nitrogens with one attached hydrogen (secondary N) is 3. The molecule has 4 aromatic carbocycles. The van der Waals surface area contributed by atoms with Gasteiger partial charge in [-0.05, 0) is 73.7 Å². The van der Waals surface area contributed by atoms with Crippen molar-refractivity contribution in [3.8, 4) is 0 Å². The number of alkyl halides is 3. The highest BCUT2D eigenvalue weighted by Gasteiger charge is 2.31. The van der Waals surface area contributed by atoms with Gasteiger partial charge in [0.15, 0.2) is 0 Å². The molecular weight excluding hydrogens is 670 g/mol. The van der Waals surface area contributed by atoms with Crippen LogP contribution in [0, 0.1) is 0 Å². The minimum absolute atomic E-state index is 0.0421. The van der Waals surface area contributed by atoms with E-state index in [1.54, 1.807) is 79.7 Å². The maximum Gasteiger partial charge on any atom is 0.416 e. The first kappa shape index (κ1) is 33.9. The molecule has 0 fully saturated rings. The van der Waals surface area contributed by atoms with E-state index >= 15 is 0 Å². The summed E-state index contributed by atoms with van der Waals surface area (Å²) in [5.74, 6) is -1.80. The van der Waals surface area contributed by atoms with Gasteiger partial charge in [-0.3, -0.25) is 14.4 Å². The van der Waals surface area contributed by atoms with Gasteiger partial charge < -0.3 is 16.0 Å². The predicted octanol–water partition coefficient (Wildman–Crippen LogP) is 9.19. The molecule has 0 aromatic heterocycles. The average molecular weight is 693 g/mol. The van der Waals surface area contributed by atoms with Crippen molar-refractivity contribution >= 4 is 81.7 Å². The smallest absolute Gasteiger partial charge is 0.324 e. The Morgan fingerprint density at radius 2 is 1.47 bits per heavy atom. The lowest BCUT2D eigenvalue weighted by molar-refractivity contribution is -0.137. The number of halogens is 6. The summed E-state index contributed by atoms with van der Waals surface area (Å²) in [5.41, 5.74) is -0.272. The van der Waals surface area contributed by atoms with Gasteiger partial charge in [0.2, 0.25) is 5.91 Å². The number of rotatable bonds is 9. The standard InChI is InChI=1S/C32H23Cl3F3N3O3S/c1-18(29(42)40-27-15-20(32(36,37)38)13-14-26(27)35)45-22-10-5-9-21(16-22)39-31(44)28(17-23-24(33)11-6-12-25(23)34)41-30(43)19-7-3-2-4-8-19/h2-18H,1H3,(H,39,44)(H,40,42)(H,41,43)/b28-17+. The van der Waals surface area contributed by atoms with E-state index in [1.165, 1.54) is 6.08 Å². The van der Waals surface area contributed by atoms with Crippen LogP contribution in [0.25, 0.3) is 6.08 Å². The number of carbonyl (C=O) groups excluding carboxylic acids is 3. The molecule has 4 rings (SSSR count). The van der Waals surface area contributed by atoms with Crippen molar-refractivity contribution in [3.63, 3.8) is 0 Å². The van der Waals surface area contributed by atoms with Gasteiger partial charge in [0.05, 0.1) is 21.5 Å². The van der Waals surface area contributed by atoms with E-state index in [0.29, 0.717) is 21.7 Å². The van der Waals surface area contributed by atoms with Crippen LogP contribution in [0.2, 0.25) is 15.1 Å². The summed E-state index contributed by atoms with van der Waals surface area (Å²) < 4.78 is 39.4. The molecule has 0 aliphatic heterocycles. The SMILES string of the molecule is CC(Sc1cccc(NC(=O)/C(=C\c2c(Cl)cccc2Cl)NC(=O)c2ccccc2)c1)C(=O)Nc1cc(C(F)(F)F)ccc1Cl. The Kier molecular flexibility index (Phi) is 11.2. The van der Waals surface area contributed by atoms with Crippen LogP contribution < -0.4 is 16.0 Å². The zero-order valence-corrected chi connectivity index (χ0v) is 26.3. The molecule has 0 spiro atoms. The molecule has 0 aliphatic rings. The summed E-state index contributed by atoms with van der Waals surface area (Å²) in [6, 6.07) is 22.3. The van der Waals surface area contributed by atoms with Crippen molar-refractivity contribution in [1.29, 1.82) is 0 Å². The lowest BCUT2D eigenvalue weighted by Crippen LogP contribution is -2.30. The Hall–Kier alpha value is -3.96. The Bertz CT molecular complexity index is 1750. The van der Waals surface area contributed by atoms with Gasteiger partial charge in [-0.1, -0.05) is 65.1 Å². The zero-order chi connectivity index (χ0) is 32.7. The molecule has 0 saturated heterocycles. The van der Waals surface area contributed by atoms with E-state index in [0.717, 1.165) is 30.0 Å². The minimum atomic E-state index is -4.60. The summed E-state index contributed by atoms with van der Waals surface area (Å²) in [4.78, 5) is 39.8. The van der Waals surface area contributed by atoms with Crippen LogP contribution in [0.15, 0.2) is 102 Å². The number of anilines is 2. The lowest BCUT2D eigenvalue weighted by Gasteiger charge is -2.16. The minimum Gasteiger partial charge on any atom is -0.324 e. The fraction of sp³-hybridized carbons (Fsp3) is 0.0938. The first-order chi connectivity index (χ1) is 21.3. The Morgan fingerprint density at radius 3 is 2.13 bits per heavy atom. The lowest BCUT2D eigenvalue weighted by atomic mass is 10.1. The van der Waals surface area contributed by atoms with Crippen LogP contribution in [0.3, 0.4) is 0 Å². The Labute approximate surface area is 275 Å². The van der Waals surface area contributed by atoms with Gasteiger partial charge in [0.1, 0.15) is 5.70 Å². The second-order valence-corrected chi connectivity index (χ2v) is 12.1. The maximum atomic E-state index is 13.4. The molecule has 0 aliphatic carbocycles. The van der Waals surface area contributed by atoms with Crippen LogP contribution in [0.5, 0.6) is 0 Å². The molecular formula is C32H23Cl3F3N3O3S. The second-order valence-electron chi connectivity index (χ2n) is 9.44.